The maximum Gasteiger partial charge on any atom is 0.133 e. The van der Waals surface area contributed by atoms with Gasteiger partial charge in [0.15, 0.2) is 0 Å². The average molecular weight is 315 g/mol. The summed E-state index contributed by atoms with van der Waals surface area (Å²) in [6.07, 6.45) is 3.72. The van der Waals surface area contributed by atoms with Gasteiger partial charge in [-0.15, -0.1) is 0 Å². The Labute approximate surface area is 141 Å². The van der Waals surface area contributed by atoms with Crippen LogP contribution in [0.2, 0.25) is 0 Å². The van der Waals surface area contributed by atoms with E-state index in [-0.39, 0.29) is 5.92 Å². The number of carbonyl (C=O) groups excluding carboxylic acids is 1. The minimum absolute atomic E-state index is 0.193. The van der Waals surface area contributed by atoms with E-state index in [1.54, 1.807) is 6.92 Å². The van der Waals surface area contributed by atoms with Crippen LogP contribution in [-0.2, 0) is 4.79 Å². The summed E-state index contributed by atoms with van der Waals surface area (Å²) in [5.74, 6) is 2.16. The number of hydrogen-bond donors (Lipinski definition) is 0. The highest BCUT2D eigenvalue weighted by Gasteiger charge is 2.50. The van der Waals surface area contributed by atoms with Gasteiger partial charge in [0.25, 0.3) is 0 Å². The summed E-state index contributed by atoms with van der Waals surface area (Å²) in [4.78, 5) is 17.3. The summed E-state index contributed by atoms with van der Waals surface area (Å²) >= 11 is 0. The Hall–Kier alpha value is -2.22. The number of Topliss-reactive ketones (excluding diaryl/α,β-unsaturated/α-hetero) is 1. The van der Waals surface area contributed by atoms with Crippen LogP contribution < -0.4 is 0 Å². The summed E-state index contributed by atoms with van der Waals surface area (Å²) in [7, 11) is 0. The van der Waals surface area contributed by atoms with Crippen molar-refractivity contribution in [2.75, 3.05) is 0 Å². The molecule has 0 N–H and O–H groups in total. The first kappa shape index (κ1) is 14.2. The molecule has 1 aromatic heterocycles. The van der Waals surface area contributed by atoms with Crippen LogP contribution in [0.4, 0.5) is 0 Å². The third kappa shape index (κ3) is 1.89. The van der Waals surface area contributed by atoms with Crippen molar-refractivity contribution in [1.82, 2.24) is 4.98 Å². The van der Waals surface area contributed by atoms with E-state index < -0.39 is 0 Å². The van der Waals surface area contributed by atoms with Crippen molar-refractivity contribution in [2.24, 2.45) is 17.8 Å². The number of para-hydroxylation sites is 2. The smallest absolute Gasteiger partial charge is 0.133 e. The first-order chi connectivity index (χ1) is 11.7. The number of aromatic nitrogens is 1. The molecule has 24 heavy (non-hydrogen) atoms. The molecule has 2 fully saturated rings. The van der Waals surface area contributed by atoms with Crippen LogP contribution in [0.1, 0.15) is 37.7 Å². The number of nitrogens with zero attached hydrogens (tertiary/aromatic N) is 1. The van der Waals surface area contributed by atoms with Crippen molar-refractivity contribution in [1.29, 1.82) is 0 Å². The fourth-order valence-electron chi connectivity index (χ4n) is 5.52. The van der Waals surface area contributed by atoms with Gasteiger partial charge in [-0.2, -0.15) is 0 Å². The summed E-state index contributed by atoms with van der Waals surface area (Å²) in [5, 5.41) is 2.47. The summed E-state index contributed by atoms with van der Waals surface area (Å²) in [5.41, 5.74) is 3.48. The summed E-state index contributed by atoms with van der Waals surface area (Å²) < 4.78 is 0. The Balaban J connectivity index is 1.85. The van der Waals surface area contributed by atoms with E-state index in [4.69, 9.17) is 4.98 Å². The molecule has 0 spiro atoms. The van der Waals surface area contributed by atoms with E-state index in [0.29, 0.717) is 23.5 Å². The molecule has 2 saturated carbocycles. The molecule has 2 aromatic carbocycles. The van der Waals surface area contributed by atoms with Gasteiger partial charge in [0.05, 0.1) is 11.0 Å². The molecule has 0 radical (unpaired) electrons. The molecule has 2 nitrogen and oxygen atoms in total. The minimum atomic E-state index is 0.193. The van der Waals surface area contributed by atoms with Crippen molar-refractivity contribution in [2.45, 2.75) is 32.1 Å². The van der Waals surface area contributed by atoms with Crippen molar-refractivity contribution in [3.05, 3.63) is 54.1 Å². The zero-order valence-electron chi connectivity index (χ0n) is 13.9. The molecule has 5 rings (SSSR count). The van der Waals surface area contributed by atoms with Gasteiger partial charge in [-0.1, -0.05) is 36.4 Å². The zero-order chi connectivity index (χ0) is 16.3. The van der Waals surface area contributed by atoms with Gasteiger partial charge >= 0.3 is 0 Å². The van der Waals surface area contributed by atoms with Crippen molar-refractivity contribution in [3.63, 3.8) is 0 Å². The second kappa shape index (κ2) is 5.14. The Morgan fingerprint density at radius 2 is 1.50 bits per heavy atom. The topological polar surface area (TPSA) is 30.0 Å². The lowest BCUT2D eigenvalue weighted by atomic mass is 9.72. The highest BCUT2D eigenvalue weighted by atomic mass is 16.1. The van der Waals surface area contributed by atoms with Crippen molar-refractivity contribution < 1.29 is 4.79 Å². The van der Waals surface area contributed by atoms with Gasteiger partial charge in [-0.05, 0) is 61.6 Å². The van der Waals surface area contributed by atoms with Crippen LogP contribution >= 0.6 is 0 Å². The zero-order valence-corrected chi connectivity index (χ0v) is 13.9. The maximum atomic E-state index is 12.5. The van der Waals surface area contributed by atoms with Gasteiger partial charge in [0.1, 0.15) is 5.78 Å². The number of rotatable bonds is 2. The SMILES string of the molecule is CC(=O)C1C2CCC(C2)C1c1c2ccccc2nc2ccccc12. The summed E-state index contributed by atoms with van der Waals surface area (Å²) in [6, 6.07) is 16.9. The predicted molar refractivity (Wildman–Crippen MR) is 97.0 cm³/mol. The van der Waals surface area contributed by atoms with Crippen LogP contribution in [-0.4, -0.2) is 10.8 Å². The van der Waals surface area contributed by atoms with Crippen molar-refractivity contribution >= 4 is 27.6 Å². The Morgan fingerprint density at radius 3 is 2.12 bits per heavy atom. The molecule has 0 saturated heterocycles. The van der Waals surface area contributed by atoms with Gasteiger partial charge < -0.3 is 0 Å². The van der Waals surface area contributed by atoms with Crippen LogP contribution in [0, 0.1) is 17.8 Å². The maximum absolute atomic E-state index is 12.5. The van der Waals surface area contributed by atoms with E-state index in [2.05, 4.69) is 48.5 Å². The van der Waals surface area contributed by atoms with Gasteiger partial charge in [-0.25, -0.2) is 4.98 Å². The van der Waals surface area contributed by atoms with Crippen LogP contribution in [0.5, 0.6) is 0 Å². The molecule has 120 valence electrons. The molecule has 0 aliphatic heterocycles. The standard InChI is InChI=1S/C22H21NO/c1-13(24)20-14-10-11-15(12-14)21(20)22-16-6-2-4-8-18(16)23-19-9-5-3-7-17(19)22/h2-9,14-15,20-21H,10-12H2,1H3. The monoisotopic (exact) mass is 315 g/mol. The molecule has 1 heterocycles. The molecule has 2 bridgehead atoms. The Morgan fingerprint density at radius 1 is 0.917 bits per heavy atom. The average Bonchev–Trinajstić information content (AvgIpc) is 3.20. The van der Waals surface area contributed by atoms with Crippen molar-refractivity contribution in [3.8, 4) is 0 Å². The predicted octanol–water partition coefficient (Wildman–Crippen LogP) is 5.11. The molecule has 2 heteroatoms. The largest absolute Gasteiger partial charge is 0.300 e. The fraction of sp³-hybridized carbons (Fsp3) is 0.364. The second-order valence-electron chi connectivity index (χ2n) is 7.56. The fourth-order valence-corrected chi connectivity index (χ4v) is 5.52. The number of carbonyl (C=O) groups is 1. The van der Waals surface area contributed by atoms with E-state index in [1.807, 2.05) is 0 Å². The van der Waals surface area contributed by atoms with Gasteiger partial charge in [0, 0.05) is 16.7 Å². The number of hydrogen-bond acceptors (Lipinski definition) is 2. The van der Waals surface area contributed by atoms with E-state index in [0.717, 1.165) is 11.0 Å². The summed E-state index contributed by atoms with van der Waals surface area (Å²) in [6.45, 7) is 1.80. The molecule has 2 aliphatic rings. The quantitative estimate of drug-likeness (QED) is 0.615. The Bertz CT molecular complexity index is 907. The number of pyridine rings is 1. The highest BCUT2D eigenvalue weighted by Crippen LogP contribution is 2.58. The second-order valence-corrected chi connectivity index (χ2v) is 7.56. The third-order valence-corrected chi connectivity index (χ3v) is 6.35. The van der Waals surface area contributed by atoms with E-state index in [9.17, 15) is 4.79 Å². The third-order valence-electron chi connectivity index (χ3n) is 6.35. The van der Waals surface area contributed by atoms with Gasteiger partial charge in [0.2, 0.25) is 0 Å². The van der Waals surface area contributed by atoms with Crippen LogP contribution in [0.25, 0.3) is 21.8 Å². The minimum Gasteiger partial charge on any atom is -0.300 e. The highest BCUT2D eigenvalue weighted by molar-refractivity contribution is 5.99. The van der Waals surface area contributed by atoms with E-state index in [1.165, 1.54) is 35.6 Å². The number of benzene rings is 2. The van der Waals surface area contributed by atoms with Gasteiger partial charge in [-0.3, -0.25) is 4.79 Å². The molecular formula is C22H21NO. The lowest BCUT2D eigenvalue weighted by Gasteiger charge is -2.31. The molecule has 0 amide bonds. The molecule has 4 unspecified atom stereocenters. The molecular weight excluding hydrogens is 294 g/mol. The first-order valence-corrected chi connectivity index (χ1v) is 9.02. The number of ketones is 1. The Kier molecular flexibility index (Phi) is 3.03. The molecule has 4 atom stereocenters. The van der Waals surface area contributed by atoms with Crippen LogP contribution in [0.15, 0.2) is 48.5 Å². The van der Waals surface area contributed by atoms with E-state index >= 15 is 0 Å². The normalized spacial score (nSPS) is 28.7. The lowest BCUT2D eigenvalue weighted by Crippen LogP contribution is -2.27. The lowest BCUT2D eigenvalue weighted by molar-refractivity contribution is -0.122. The number of fused-ring (bicyclic) bond motifs is 4. The van der Waals surface area contributed by atoms with Crippen LogP contribution in [0.3, 0.4) is 0 Å². The first-order valence-electron chi connectivity index (χ1n) is 9.02. The molecule has 3 aromatic rings. The molecule has 2 aliphatic carbocycles.